The fourth-order valence-electron chi connectivity index (χ4n) is 4.87. The van der Waals surface area contributed by atoms with Gasteiger partial charge in [-0.2, -0.15) is 0 Å². The Kier molecular flexibility index (Phi) is 5.43. The van der Waals surface area contributed by atoms with E-state index < -0.39 is 6.10 Å². The second-order valence-corrected chi connectivity index (χ2v) is 8.54. The van der Waals surface area contributed by atoms with Crippen LogP contribution in [-0.4, -0.2) is 36.7 Å². The van der Waals surface area contributed by atoms with Crippen LogP contribution in [0.1, 0.15) is 23.1 Å². The van der Waals surface area contributed by atoms with Gasteiger partial charge in [0, 0.05) is 43.1 Å². The zero-order valence-electron chi connectivity index (χ0n) is 17.5. The zero-order valence-corrected chi connectivity index (χ0v) is 17.5. The molecular formula is C26H27N3O2. The molecule has 5 heteroatoms. The molecule has 1 spiro atoms. The van der Waals surface area contributed by atoms with E-state index >= 15 is 0 Å². The van der Waals surface area contributed by atoms with Crippen molar-refractivity contribution in [2.45, 2.75) is 30.9 Å². The second kappa shape index (κ2) is 8.52. The van der Waals surface area contributed by atoms with Crippen molar-refractivity contribution >= 4 is 11.6 Å². The molecule has 0 aliphatic carbocycles. The zero-order chi connectivity index (χ0) is 21.1. The van der Waals surface area contributed by atoms with Crippen molar-refractivity contribution in [3.63, 3.8) is 0 Å². The summed E-state index contributed by atoms with van der Waals surface area (Å²) < 4.78 is 6.06. The number of nitrogens with zero attached hydrogens (tertiary/aromatic N) is 2. The Morgan fingerprint density at radius 2 is 1.81 bits per heavy atom. The molecule has 0 unspecified atom stereocenters. The largest absolute Gasteiger partial charge is 0.367 e. The van der Waals surface area contributed by atoms with Gasteiger partial charge in [0.15, 0.2) is 0 Å². The highest BCUT2D eigenvalue weighted by Crippen LogP contribution is 2.47. The van der Waals surface area contributed by atoms with Crippen molar-refractivity contribution in [2.75, 3.05) is 24.6 Å². The van der Waals surface area contributed by atoms with Crippen molar-refractivity contribution < 1.29 is 9.53 Å². The molecular weight excluding hydrogens is 386 g/mol. The number of ether oxygens (including phenoxy) is 1. The molecule has 0 bridgehead atoms. The Bertz CT molecular complexity index is 1040. The normalized spacial score (nSPS) is 21.9. The molecule has 1 saturated heterocycles. The number of hydrogen-bond donors (Lipinski definition) is 1. The van der Waals surface area contributed by atoms with E-state index in [9.17, 15) is 4.79 Å². The number of carbonyl (C=O) groups excluding carboxylic acids is 1. The number of anilines is 1. The molecule has 3 aromatic rings. The Morgan fingerprint density at radius 1 is 1.03 bits per heavy atom. The van der Waals surface area contributed by atoms with Crippen LogP contribution in [0, 0.1) is 0 Å². The van der Waals surface area contributed by atoms with Crippen LogP contribution in [0.25, 0.3) is 0 Å². The molecule has 2 aliphatic heterocycles. The third-order valence-corrected chi connectivity index (χ3v) is 6.42. The molecule has 2 atom stereocenters. The molecule has 0 saturated carbocycles. The molecule has 5 nitrogen and oxygen atoms in total. The summed E-state index contributed by atoms with van der Waals surface area (Å²) in [5, 5.41) is 3.06. The maximum atomic E-state index is 12.8. The van der Waals surface area contributed by atoms with Crippen LogP contribution in [0.5, 0.6) is 0 Å². The predicted molar refractivity (Wildman–Crippen MR) is 121 cm³/mol. The Hall–Kier alpha value is -3.18. The summed E-state index contributed by atoms with van der Waals surface area (Å²) in [5.41, 5.74) is 4.89. The summed E-state index contributed by atoms with van der Waals surface area (Å²) in [5.74, 6) is -0.00933. The summed E-state index contributed by atoms with van der Waals surface area (Å²) >= 11 is 0. The molecule has 2 aliphatic rings. The van der Waals surface area contributed by atoms with E-state index in [1.165, 1.54) is 22.4 Å². The van der Waals surface area contributed by atoms with Gasteiger partial charge in [-0.25, -0.2) is 0 Å². The van der Waals surface area contributed by atoms with Crippen molar-refractivity contribution in [3.05, 3.63) is 95.8 Å². The SMILES string of the molecule is O=C(NCCc1ccncc1)[C@@H]1C[C@]2(CO1)CN(Cc1ccccc1)c1ccccc12. The van der Waals surface area contributed by atoms with Crippen molar-refractivity contribution in [1.82, 2.24) is 10.3 Å². The van der Waals surface area contributed by atoms with Gasteiger partial charge in [0.25, 0.3) is 0 Å². The minimum atomic E-state index is -0.401. The fraction of sp³-hybridized carbons (Fsp3) is 0.308. The first-order valence-corrected chi connectivity index (χ1v) is 10.9. The molecule has 31 heavy (non-hydrogen) atoms. The van der Waals surface area contributed by atoms with E-state index in [2.05, 4.69) is 63.7 Å². The Morgan fingerprint density at radius 3 is 2.65 bits per heavy atom. The second-order valence-electron chi connectivity index (χ2n) is 8.54. The predicted octanol–water partition coefficient (Wildman–Crippen LogP) is 3.49. The van der Waals surface area contributed by atoms with Gasteiger partial charge in [0.05, 0.1) is 6.61 Å². The van der Waals surface area contributed by atoms with Crippen LogP contribution < -0.4 is 10.2 Å². The average molecular weight is 414 g/mol. The van der Waals surface area contributed by atoms with Crippen molar-refractivity contribution in [1.29, 1.82) is 0 Å². The van der Waals surface area contributed by atoms with Gasteiger partial charge in [0.2, 0.25) is 5.91 Å². The van der Waals surface area contributed by atoms with Crippen LogP contribution in [0.4, 0.5) is 5.69 Å². The first-order chi connectivity index (χ1) is 15.2. The van der Waals surface area contributed by atoms with Gasteiger partial charge >= 0.3 is 0 Å². The highest BCUT2D eigenvalue weighted by molar-refractivity contribution is 5.81. The van der Waals surface area contributed by atoms with Gasteiger partial charge in [-0.3, -0.25) is 9.78 Å². The molecule has 1 fully saturated rings. The van der Waals surface area contributed by atoms with Gasteiger partial charge in [-0.15, -0.1) is 0 Å². The number of hydrogen-bond acceptors (Lipinski definition) is 4. The number of rotatable bonds is 6. The number of para-hydroxylation sites is 1. The number of aromatic nitrogens is 1. The summed E-state index contributed by atoms with van der Waals surface area (Å²) in [4.78, 5) is 19.3. The van der Waals surface area contributed by atoms with Crippen LogP contribution >= 0.6 is 0 Å². The number of benzene rings is 2. The highest BCUT2D eigenvalue weighted by Gasteiger charge is 2.50. The quantitative estimate of drug-likeness (QED) is 0.672. The van der Waals surface area contributed by atoms with Crippen LogP contribution in [0.15, 0.2) is 79.1 Å². The van der Waals surface area contributed by atoms with Gasteiger partial charge in [-0.1, -0.05) is 48.5 Å². The lowest BCUT2D eigenvalue weighted by atomic mass is 9.80. The first-order valence-electron chi connectivity index (χ1n) is 10.9. The van der Waals surface area contributed by atoms with E-state index in [4.69, 9.17) is 4.74 Å². The Balaban J connectivity index is 1.25. The standard InChI is InChI=1S/C26H27N3O2/c30-25(28-15-12-20-10-13-27-14-11-20)24-16-26(19-31-24)18-29(17-21-6-2-1-3-7-21)23-9-5-4-8-22(23)26/h1-11,13-14,24H,12,15-19H2,(H,28,30)/t24-,26+/m0/s1. The van der Waals surface area contributed by atoms with E-state index in [1.807, 2.05) is 18.2 Å². The summed E-state index contributed by atoms with van der Waals surface area (Å²) in [6, 6.07) is 23.1. The van der Waals surface area contributed by atoms with Crippen LogP contribution in [0.3, 0.4) is 0 Å². The smallest absolute Gasteiger partial charge is 0.249 e. The average Bonchev–Trinajstić information content (AvgIpc) is 3.38. The third kappa shape index (κ3) is 4.06. The molecule has 158 valence electrons. The fourth-order valence-corrected chi connectivity index (χ4v) is 4.87. The highest BCUT2D eigenvalue weighted by atomic mass is 16.5. The van der Waals surface area contributed by atoms with E-state index in [-0.39, 0.29) is 11.3 Å². The van der Waals surface area contributed by atoms with E-state index in [0.717, 1.165) is 25.9 Å². The Labute approximate surface area is 183 Å². The monoisotopic (exact) mass is 413 g/mol. The molecule has 2 aromatic carbocycles. The van der Waals surface area contributed by atoms with Gasteiger partial charge in [0.1, 0.15) is 6.10 Å². The van der Waals surface area contributed by atoms with Gasteiger partial charge in [-0.05, 0) is 47.7 Å². The van der Waals surface area contributed by atoms with E-state index in [0.29, 0.717) is 13.2 Å². The lowest BCUT2D eigenvalue weighted by molar-refractivity contribution is -0.129. The third-order valence-electron chi connectivity index (χ3n) is 6.42. The molecule has 5 rings (SSSR count). The topological polar surface area (TPSA) is 54.5 Å². The van der Waals surface area contributed by atoms with Crippen molar-refractivity contribution in [3.8, 4) is 0 Å². The molecule has 3 heterocycles. The minimum Gasteiger partial charge on any atom is -0.367 e. The number of fused-ring (bicyclic) bond motifs is 2. The number of amides is 1. The molecule has 1 amide bonds. The summed E-state index contributed by atoms with van der Waals surface area (Å²) in [6.07, 6.45) is 4.66. The molecule has 0 radical (unpaired) electrons. The number of nitrogens with one attached hydrogen (secondary N) is 1. The maximum Gasteiger partial charge on any atom is 0.249 e. The summed E-state index contributed by atoms with van der Waals surface area (Å²) in [6.45, 7) is 2.93. The first kappa shape index (κ1) is 19.8. The van der Waals surface area contributed by atoms with Crippen LogP contribution in [0.2, 0.25) is 0 Å². The number of carbonyl (C=O) groups is 1. The minimum absolute atomic E-state index is 0.00933. The number of pyridine rings is 1. The molecule has 1 aromatic heterocycles. The van der Waals surface area contributed by atoms with Crippen molar-refractivity contribution in [2.24, 2.45) is 0 Å². The molecule has 1 N–H and O–H groups in total. The summed E-state index contributed by atoms with van der Waals surface area (Å²) in [7, 11) is 0. The van der Waals surface area contributed by atoms with E-state index in [1.54, 1.807) is 12.4 Å². The lowest BCUT2D eigenvalue weighted by Crippen LogP contribution is -2.38. The lowest BCUT2D eigenvalue weighted by Gasteiger charge is -2.24. The maximum absolute atomic E-state index is 12.8. The van der Waals surface area contributed by atoms with Gasteiger partial charge < -0.3 is 15.0 Å². The van der Waals surface area contributed by atoms with Crippen LogP contribution in [-0.2, 0) is 27.9 Å².